The van der Waals surface area contributed by atoms with Gasteiger partial charge in [-0.15, -0.1) is 12.4 Å². The van der Waals surface area contributed by atoms with Gasteiger partial charge in [-0.1, -0.05) is 12.1 Å². The van der Waals surface area contributed by atoms with E-state index in [4.69, 9.17) is 4.84 Å². The fourth-order valence-electron chi connectivity index (χ4n) is 2.28. The zero-order valence-electron chi connectivity index (χ0n) is 10.6. The van der Waals surface area contributed by atoms with Crippen LogP contribution in [-0.4, -0.2) is 6.61 Å². The highest BCUT2D eigenvalue weighted by Crippen LogP contribution is 2.28. The van der Waals surface area contributed by atoms with Crippen LogP contribution in [0, 0.1) is 11.6 Å². The van der Waals surface area contributed by atoms with Crippen LogP contribution in [0.3, 0.4) is 0 Å². The maximum Gasteiger partial charge on any atom is 0.124 e. The summed E-state index contributed by atoms with van der Waals surface area (Å²) in [7, 11) is 0. The van der Waals surface area contributed by atoms with E-state index in [1.165, 1.54) is 24.3 Å². The average molecular weight is 298 g/mol. The van der Waals surface area contributed by atoms with Gasteiger partial charge in [0.05, 0.1) is 12.6 Å². The number of hydroxylamine groups is 1. The molecule has 1 saturated heterocycles. The Morgan fingerprint density at radius 2 is 1.80 bits per heavy atom. The molecule has 2 nitrogen and oxygen atoms in total. The van der Waals surface area contributed by atoms with E-state index in [1.807, 2.05) is 6.07 Å². The van der Waals surface area contributed by atoms with E-state index in [-0.39, 0.29) is 30.1 Å². The minimum atomic E-state index is -0.328. The maximum atomic E-state index is 13.7. The van der Waals surface area contributed by atoms with Gasteiger partial charge in [0.1, 0.15) is 11.6 Å². The van der Waals surface area contributed by atoms with Crippen LogP contribution in [-0.2, 0) is 4.84 Å². The Balaban J connectivity index is 0.00000147. The second kappa shape index (κ2) is 6.31. The quantitative estimate of drug-likeness (QED) is 0.904. The van der Waals surface area contributed by atoms with Crippen molar-refractivity contribution in [2.75, 3.05) is 6.61 Å². The highest BCUT2D eigenvalue weighted by molar-refractivity contribution is 5.85. The third kappa shape index (κ3) is 3.15. The topological polar surface area (TPSA) is 21.3 Å². The van der Waals surface area contributed by atoms with Crippen LogP contribution in [0.25, 0.3) is 11.1 Å². The first-order valence-electron chi connectivity index (χ1n) is 6.16. The molecular formula is C15H14ClF2NO. The summed E-state index contributed by atoms with van der Waals surface area (Å²) in [6, 6.07) is 10.9. The normalized spacial score (nSPS) is 17.8. The SMILES string of the molecule is Cl.Fc1cccc(-c2cc(F)cc([C@H]3CCON3)c2)c1. The minimum absolute atomic E-state index is 0. The molecule has 106 valence electrons. The fourth-order valence-corrected chi connectivity index (χ4v) is 2.28. The summed E-state index contributed by atoms with van der Waals surface area (Å²) in [5.41, 5.74) is 5.00. The van der Waals surface area contributed by atoms with E-state index in [9.17, 15) is 8.78 Å². The summed E-state index contributed by atoms with van der Waals surface area (Å²) in [6.07, 6.45) is 0.798. The molecule has 3 rings (SSSR count). The van der Waals surface area contributed by atoms with Gasteiger partial charge in [0, 0.05) is 0 Å². The van der Waals surface area contributed by atoms with E-state index >= 15 is 0 Å². The van der Waals surface area contributed by atoms with Crippen molar-refractivity contribution in [1.29, 1.82) is 0 Å². The predicted octanol–water partition coefficient (Wildman–Crippen LogP) is 4.02. The van der Waals surface area contributed by atoms with Gasteiger partial charge in [-0.2, -0.15) is 5.48 Å². The molecule has 0 aliphatic carbocycles. The van der Waals surface area contributed by atoms with Gasteiger partial charge in [0.25, 0.3) is 0 Å². The highest BCUT2D eigenvalue weighted by Gasteiger charge is 2.18. The standard InChI is InChI=1S/C15H13F2NO.ClH/c16-13-3-1-2-10(7-13)11-6-12(9-14(17)8-11)15-4-5-19-18-15;/h1-3,6-9,15,18H,4-5H2;1H/t15-;/m1./s1. The zero-order chi connectivity index (χ0) is 13.2. The van der Waals surface area contributed by atoms with E-state index in [2.05, 4.69) is 5.48 Å². The molecule has 0 spiro atoms. The Hall–Kier alpha value is -1.49. The molecule has 1 aliphatic heterocycles. The van der Waals surface area contributed by atoms with Crippen LogP contribution in [0.15, 0.2) is 42.5 Å². The molecule has 2 aromatic rings. The van der Waals surface area contributed by atoms with Crippen LogP contribution >= 0.6 is 12.4 Å². The highest BCUT2D eigenvalue weighted by atomic mass is 35.5. The number of hydrogen-bond acceptors (Lipinski definition) is 2. The van der Waals surface area contributed by atoms with Gasteiger partial charge in [-0.25, -0.2) is 8.78 Å². The molecule has 1 heterocycles. The number of benzene rings is 2. The van der Waals surface area contributed by atoms with Crippen molar-refractivity contribution < 1.29 is 13.6 Å². The lowest BCUT2D eigenvalue weighted by Gasteiger charge is -2.11. The van der Waals surface area contributed by atoms with E-state index < -0.39 is 0 Å². The van der Waals surface area contributed by atoms with Gasteiger partial charge in [-0.05, 0) is 53.4 Å². The van der Waals surface area contributed by atoms with Gasteiger partial charge < -0.3 is 4.84 Å². The zero-order valence-corrected chi connectivity index (χ0v) is 11.4. The lowest BCUT2D eigenvalue weighted by Crippen LogP contribution is -2.11. The monoisotopic (exact) mass is 297 g/mol. The van der Waals surface area contributed by atoms with Crippen LogP contribution in [0.5, 0.6) is 0 Å². The largest absolute Gasteiger partial charge is 0.301 e. The summed E-state index contributed by atoms with van der Waals surface area (Å²) in [6.45, 7) is 0.608. The number of hydrogen-bond donors (Lipinski definition) is 1. The van der Waals surface area contributed by atoms with Crippen molar-refractivity contribution in [3.8, 4) is 11.1 Å². The minimum Gasteiger partial charge on any atom is -0.301 e. The Bertz CT molecular complexity index is 600. The summed E-state index contributed by atoms with van der Waals surface area (Å²) in [5, 5.41) is 0. The first kappa shape index (κ1) is 14.9. The van der Waals surface area contributed by atoms with Crippen LogP contribution in [0.1, 0.15) is 18.0 Å². The predicted molar refractivity (Wildman–Crippen MR) is 75.5 cm³/mol. The molecule has 5 heteroatoms. The van der Waals surface area contributed by atoms with Crippen molar-refractivity contribution in [3.63, 3.8) is 0 Å². The molecular weight excluding hydrogens is 284 g/mol. The van der Waals surface area contributed by atoms with Crippen molar-refractivity contribution in [2.45, 2.75) is 12.5 Å². The van der Waals surface area contributed by atoms with E-state index in [0.717, 1.165) is 12.0 Å². The molecule has 1 atom stereocenters. The molecule has 2 aromatic carbocycles. The molecule has 0 amide bonds. The van der Waals surface area contributed by atoms with Crippen molar-refractivity contribution in [3.05, 3.63) is 59.7 Å². The molecule has 1 aliphatic rings. The summed E-state index contributed by atoms with van der Waals surface area (Å²) in [5.74, 6) is -0.656. The van der Waals surface area contributed by atoms with E-state index in [1.54, 1.807) is 12.1 Å². The number of halogens is 3. The van der Waals surface area contributed by atoms with Gasteiger partial charge in [0.2, 0.25) is 0 Å². The van der Waals surface area contributed by atoms with E-state index in [0.29, 0.717) is 17.7 Å². The molecule has 0 radical (unpaired) electrons. The van der Waals surface area contributed by atoms with Crippen LogP contribution in [0.2, 0.25) is 0 Å². The number of rotatable bonds is 2. The fraction of sp³-hybridized carbons (Fsp3) is 0.200. The molecule has 0 unspecified atom stereocenters. The first-order chi connectivity index (χ1) is 9.22. The lowest BCUT2D eigenvalue weighted by molar-refractivity contribution is 0.0882. The maximum absolute atomic E-state index is 13.7. The first-order valence-corrected chi connectivity index (χ1v) is 6.16. The Labute approximate surface area is 122 Å². The molecule has 20 heavy (non-hydrogen) atoms. The Morgan fingerprint density at radius 1 is 1.00 bits per heavy atom. The lowest BCUT2D eigenvalue weighted by atomic mass is 9.98. The van der Waals surface area contributed by atoms with Gasteiger partial charge in [-0.3, -0.25) is 0 Å². The molecule has 0 bridgehead atoms. The number of nitrogens with one attached hydrogen (secondary N) is 1. The van der Waals surface area contributed by atoms with Crippen LogP contribution in [0.4, 0.5) is 8.78 Å². The molecule has 0 aromatic heterocycles. The molecule has 0 saturated carbocycles. The Morgan fingerprint density at radius 3 is 2.50 bits per heavy atom. The van der Waals surface area contributed by atoms with Crippen LogP contribution < -0.4 is 5.48 Å². The third-order valence-electron chi connectivity index (χ3n) is 3.21. The summed E-state index contributed by atoms with van der Waals surface area (Å²) in [4.78, 5) is 5.08. The second-order valence-electron chi connectivity index (χ2n) is 4.59. The average Bonchev–Trinajstić information content (AvgIpc) is 2.92. The molecule has 1 fully saturated rings. The summed E-state index contributed by atoms with van der Waals surface area (Å²) >= 11 is 0. The van der Waals surface area contributed by atoms with Crippen molar-refractivity contribution >= 4 is 12.4 Å². The molecule has 1 N–H and O–H groups in total. The smallest absolute Gasteiger partial charge is 0.124 e. The second-order valence-corrected chi connectivity index (χ2v) is 4.59. The van der Waals surface area contributed by atoms with Crippen molar-refractivity contribution in [2.24, 2.45) is 0 Å². The Kier molecular flexibility index (Phi) is 4.70. The third-order valence-corrected chi connectivity index (χ3v) is 3.21. The van der Waals surface area contributed by atoms with Crippen molar-refractivity contribution in [1.82, 2.24) is 5.48 Å². The van der Waals surface area contributed by atoms with Gasteiger partial charge >= 0.3 is 0 Å². The van der Waals surface area contributed by atoms with Gasteiger partial charge in [0.15, 0.2) is 0 Å². The summed E-state index contributed by atoms with van der Waals surface area (Å²) < 4.78 is 26.9.